The van der Waals surface area contributed by atoms with Gasteiger partial charge in [-0.1, -0.05) is 147 Å². The SMILES string of the molecule is CC1(C)c2ccccc2-c2ccc3sc4ccc(-c5ccc(N(c6cccc(-c7cccc(-c8ccccc8)c7)c6)c6cccc7sc8ccccc8c67)cc5)cc4c3c21. The fourth-order valence-electron chi connectivity index (χ4n) is 9.83. The van der Waals surface area contributed by atoms with Crippen LogP contribution < -0.4 is 4.90 Å². The quantitative estimate of drug-likeness (QED) is 0.162. The van der Waals surface area contributed by atoms with Crippen LogP contribution in [0.1, 0.15) is 25.0 Å². The second-order valence-corrected chi connectivity index (χ2v) is 18.6. The van der Waals surface area contributed by atoms with Crippen molar-refractivity contribution in [2.75, 3.05) is 4.90 Å². The number of hydrogen-bond acceptors (Lipinski definition) is 3. The van der Waals surface area contributed by atoms with Crippen molar-refractivity contribution >= 4 is 80.1 Å². The van der Waals surface area contributed by atoms with Crippen molar-refractivity contribution < 1.29 is 0 Å². The first kappa shape index (κ1) is 35.2. The van der Waals surface area contributed by atoms with Gasteiger partial charge >= 0.3 is 0 Å². The molecule has 0 radical (unpaired) electrons. The minimum Gasteiger partial charge on any atom is -0.310 e. The second-order valence-electron chi connectivity index (χ2n) is 16.5. The van der Waals surface area contributed by atoms with Gasteiger partial charge in [-0.05, 0) is 122 Å². The Morgan fingerprint density at radius 1 is 0.367 bits per heavy atom. The number of hydrogen-bond donors (Lipinski definition) is 0. The molecule has 0 spiro atoms. The van der Waals surface area contributed by atoms with Gasteiger partial charge in [-0.15, -0.1) is 22.7 Å². The molecule has 0 atom stereocenters. The first-order chi connectivity index (χ1) is 29.5. The van der Waals surface area contributed by atoms with Crippen LogP contribution in [0.5, 0.6) is 0 Å². The first-order valence-corrected chi connectivity index (χ1v) is 22.3. The molecule has 0 aliphatic heterocycles. The summed E-state index contributed by atoms with van der Waals surface area (Å²) in [6.45, 7) is 4.79. The summed E-state index contributed by atoms with van der Waals surface area (Å²) < 4.78 is 5.28. The molecule has 0 bridgehead atoms. The lowest BCUT2D eigenvalue weighted by Gasteiger charge is -2.27. The minimum atomic E-state index is -0.0703. The summed E-state index contributed by atoms with van der Waals surface area (Å²) in [4.78, 5) is 2.45. The van der Waals surface area contributed by atoms with Crippen molar-refractivity contribution in [2.45, 2.75) is 19.3 Å². The summed E-state index contributed by atoms with van der Waals surface area (Å²) in [5.41, 5.74) is 16.2. The third kappa shape index (κ3) is 5.50. The average Bonchev–Trinajstić information content (AvgIpc) is 3.95. The van der Waals surface area contributed by atoms with E-state index in [-0.39, 0.29) is 5.41 Å². The normalized spacial score (nSPS) is 13.0. The Labute approximate surface area is 358 Å². The number of anilines is 3. The lowest BCUT2D eigenvalue weighted by atomic mass is 9.80. The number of fused-ring (bicyclic) bond motifs is 10. The van der Waals surface area contributed by atoms with E-state index in [1.165, 1.54) is 102 Å². The summed E-state index contributed by atoms with van der Waals surface area (Å²) in [5, 5.41) is 5.32. The van der Waals surface area contributed by atoms with Gasteiger partial charge in [-0.25, -0.2) is 0 Å². The predicted octanol–water partition coefficient (Wildman–Crippen LogP) is 17.2. The van der Waals surface area contributed by atoms with E-state index in [4.69, 9.17) is 0 Å². The number of benzene rings is 9. The summed E-state index contributed by atoms with van der Waals surface area (Å²) in [7, 11) is 0. The molecular formula is C57H39NS2. The standard InChI is InChI=1S/C57H39NS2/c1-57(2)48-21-8-6-19-44(48)45-30-32-53-55(56(45)57)47-35-41(27-31-51(47)60-53)37-25-28-42(29-26-37)58(49-22-12-24-52-54(49)46-20-7-9-23-50(46)59-52)43-18-11-17-40(34-43)39-16-10-15-38(33-39)36-13-4-3-5-14-36/h3-35H,1-2H3. The maximum absolute atomic E-state index is 2.45. The molecule has 2 aromatic heterocycles. The van der Waals surface area contributed by atoms with Crippen molar-refractivity contribution in [3.05, 3.63) is 211 Å². The Morgan fingerprint density at radius 3 is 1.80 bits per heavy atom. The van der Waals surface area contributed by atoms with Crippen LogP contribution in [-0.4, -0.2) is 0 Å². The molecule has 12 rings (SSSR count). The molecule has 9 aromatic carbocycles. The Hall–Kier alpha value is -6.78. The van der Waals surface area contributed by atoms with E-state index in [9.17, 15) is 0 Å². The highest BCUT2D eigenvalue weighted by molar-refractivity contribution is 7.26. The Morgan fingerprint density at radius 2 is 0.950 bits per heavy atom. The van der Waals surface area contributed by atoms with Crippen molar-refractivity contribution in [3.8, 4) is 44.5 Å². The van der Waals surface area contributed by atoms with Gasteiger partial charge < -0.3 is 4.90 Å². The first-order valence-electron chi connectivity index (χ1n) is 20.7. The molecule has 0 fully saturated rings. The fraction of sp³-hybridized carbons (Fsp3) is 0.0526. The maximum Gasteiger partial charge on any atom is 0.0554 e. The number of thiophene rings is 2. The number of rotatable bonds is 6. The van der Waals surface area contributed by atoms with Crippen LogP contribution in [0.4, 0.5) is 17.1 Å². The maximum atomic E-state index is 2.45. The summed E-state index contributed by atoms with van der Waals surface area (Å²) in [5.74, 6) is 0. The molecular weight excluding hydrogens is 763 g/mol. The van der Waals surface area contributed by atoms with E-state index in [0.717, 1.165) is 11.4 Å². The molecule has 284 valence electrons. The largest absolute Gasteiger partial charge is 0.310 e. The second kappa shape index (κ2) is 13.6. The van der Waals surface area contributed by atoms with Crippen LogP contribution in [0, 0.1) is 0 Å². The lowest BCUT2D eigenvalue weighted by molar-refractivity contribution is 0.667. The highest BCUT2D eigenvalue weighted by Gasteiger charge is 2.37. The number of nitrogens with zero attached hydrogens (tertiary/aromatic N) is 1. The van der Waals surface area contributed by atoms with E-state index >= 15 is 0 Å². The molecule has 0 saturated heterocycles. The lowest BCUT2D eigenvalue weighted by Crippen LogP contribution is -2.15. The Balaban J connectivity index is 0.990. The van der Waals surface area contributed by atoms with Crippen LogP contribution >= 0.6 is 22.7 Å². The smallest absolute Gasteiger partial charge is 0.0554 e. The van der Waals surface area contributed by atoms with Gasteiger partial charge in [0.15, 0.2) is 0 Å². The topological polar surface area (TPSA) is 3.24 Å². The van der Waals surface area contributed by atoms with E-state index in [0.29, 0.717) is 0 Å². The van der Waals surface area contributed by atoms with Crippen LogP contribution in [0.3, 0.4) is 0 Å². The fourth-order valence-corrected chi connectivity index (χ4v) is 12.0. The Kier molecular flexibility index (Phi) is 8.00. The van der Waals surface area contributed by atoms with Crippen molar-refractivity contribution in [2.24, 2.45) is 0 Å². The van der Waals surface area contributed by atoms with Crippen molar-refractivity contribution in [3.63, 3.8) is 0 Å². The van der Waals surface area contributed by atoms with Crippen molar-refractivity contribution in [1.82, 2.24) is 0 Å². The Bertz CT molecular complexity index is 3460. The highest BCUT2D eigenvalue weighted by Crippen LogP contribution is 2.54. The summed E-state index contributed by atoms with van der Waals surface area (Å²) in [6.07, 6.45) is 0. The highest BCUT2D eigenvalue weighted by atomic mass is 32.1. The van der Waals surface area contributed by atoms with Crippen LogP contribution in [-0.2, 0) is 5.41 Å². The minimum absolute atomic E-state index is 0.0703. The van der Waals surface area contributed by atoms with E-state index in [2.05, 4.69) is 219 Å². The molecule has 11 aromatic rings. The molecule has 0 amide bonds. The zero-order valence-corrected chi connectivity index (χ0v) is 34.9. The zero-order chi connectivity index (χ0) is 40.0. The molecule has 0 N–H and O–H groups in total. The molecule has 2 heterocycles. The van der Waals surface area contributed by atoms with E-state index < -0.39 is 0 Å². The molecule has 1 nitrogen and oxygen atoms in total. The average molecular weight is 802 g/mol. The monoisotopic (exact) mass is 801 g/mol. The molecule has 60 heavy (non-hydrogen) atoms. The summed E-state index contributed by atoms with van der Waals surface area (Å²) in [6, 6.07) is 74.1. The summed E-state index contributed by atoms with van der Waals surface area (Å²) >= 11 is 3.77. The molecule has 3 heteroatoms. The van der Waals surface area contributed by atoms with Gasteiger partial charge in [0.25, 0.3) is 0 Å². The van der Waals surface area contributed by atoms with Gasteiger partial charge in [-0.3, -0.25) is 0 Å². The van der Waals surface area contributed by atoms with Crippen LogP contribution in [0.15, 0.2) is 200 Å². The van der Waals surface area contributed by atoms with Gasteiger partial charge in [-0.2, -0.15) is 0 Å². The van der Waals surface area contributed by atoms with E-state index in [1.54, 1.807) is 0 Å². The van der Waals surface area contributed by atoms with Gasteiger partial charge in [0.1, 0.15) is 0 Å². The van der Waals surface area contributed by atoms with Crippen LogP contribution in [0.2, 0.25) is 0 Å². The molecule has 0 saturated carbocycles. The van der Waals surface area contributed by atoms with Crippen LogP contribution in [0.25, 0.3) is 84.9 Å². The molecule has 0 unspecified atom stereocenters. The molecule has 1 aliphatic rings. The third-order valence-corrected chi connectivity index (χ3v) is 14.9. The van der Waals surface area contributed by atoms with Gasteiger partial charge in [0, 0.05) is 57.1 Å². The molecule has 1 aliphatic carbocycles. The van der Waals surface area contributed by atoms with Crippen molar-refractivity contribution in [1.29, 1.82) is 0 Å². The van der Waals surface area contributed by atoms with Gasteiger partial charge in [0.05, 0.1) is 5.69 Å². The van der Waals surface area contributed by atoms with Gasteiger partial charge in [0.2, 0.25) is 0 Å². The third-order valence-electron chi connectivity index (χ3n) is 12.6. The van der Waals surface area contributed by atoms with E-state index in [1.807, 2.05) is 22.7 Å². The zero-order valence-electron chi connectivity index (χ0n) is 33.3. The predicted molar refractivity (Wildman–Crippen MR) is 261 cm³/mol.